The number of rotatable bonds is 5. The first-order chi connectivity index (χ1) is 8.40. The van der Waals surface area contributed by atoms with Gasteiger partial charge in [0.2, 0.25) is 0 Å². The maximum atomic E-state index is 5.78. The maximum Gasteiger partial charge on any atom is 0.161 e. The van der Waals surface area contributed by atoms with Crippen LogP contribution in [-0.2, 0) is 4.74 Å². The van der Waals surface area contributed by atoms with Gasteiger partial charge in [0.1, 0.15) is 6.61 Å². The van der Waals surface area contributed by atoms with Gasteiger partial charge in [-0.2, -0.15) is 0 Å². The highest BCUT2D eigenvalue weighted by molar-refractivity contribution is 5.39. The average Bonchev–Trinajstić information content (AvgIpc) is 2.39. The molecule has 2 rings (SSSR count). The van der Waals surface area contributed by atoms with Crippen molar-refractivity contribution in [3.05, 3.63) is 24.3 Å². The van der Waals surface area contributed by atoms with Gasteiger partial charge in [-0.1, -0.05) is 12.1 Å². The van der Waals surface area contributed by atoms with Gasteiger partial charge in [-0.05, 0) is 38.3 Å². The second-order valence-corrected chi connectivity index (χ2v) is 4.18. The van der Waals surface area contributed by atoms with Crippen molar-refractivity contribution in [2.45, 2.75) is 32.3 Å². The van der Waals surface area contributed by atoms with Crippen LogP contribution in [-0.4, -0.2) is 25.9 Å². The van der Waals surface area contributed by atoms with Crippen LogP contribution in [0.2, 0.25) is 0 Å². The fourth-order valence-electron chi connectivity index (χ4n) is 1.97. The molecule has 0 bridgehead atoms. The van der Waals surface area contributed by atoms with Crippen LogP contribution >= 0.6 is 0 Å². The first kappa shape index (κ1) is 12.2. The van der Waals surface area contributed by atoms with E-state index in [-0.39, 0.29) is 6.10 Å². The van der Waals surface area contributed by atoms with Gasteiger partial charge in [0, 0.05) is 6.61 Å². The predicted octanol–water partition coefficient (Wildman–Crippen LogP) is 3.03. The smallest absolute Gasteiger partial charge is 0.161 e. The fraction of sp³-hybridized carbons (Fsp3) is 0.571. The summed E-state index contributed by atoms with van der Waals surface area (Å²) in [5, 5.41) is 0. The molecule has 0 saturated carbocycles. The van der Waals surface area contributed by atoms with Gasteiger partial charge in [-0.15, -0.1) is 0 Å². The lowest BCUT2D eigenvalue weighted by atomic mass is 10.1. The van der Waals surface area contributed by atoms with Crippen molar-refractivity contribution < 1.29 is 14.2 Å². The number of hydrogen-bond acceptors (Lipinski definition) is 3. The molecule has 1 aliphatic rings. The van der Waals surface area contributed by atoms with Gasteiger partial charge >= 0.3 is 0 Å². The van der Waals surface area contributed by atoms with Crippen LogP contribution < -0.4 is 9.47 Å². The minimum absolute atomic E-state index is 0.235. The van der Waals surface area contributed by atoms with Crippen LogP contribution in [0.4, 0.5) is 0 Å². The molecule has 17 heavy (non-hydrogen) atoms. The summed E-state index contributed by atoms with van der Waals surface area (Å²) in [6.45, 7) is 4.10. The van der Waals surface area contributed by atoms with Crippen molar-refractivity contribution in [2.24, 2.45) is 0 Å². The maximum absolute atomic E-state index is 5.78. The van der Waals surface area contributed by atoms with Gasteiger partial charge in [-0.3, -0.25) is 0 Å². The van der Waals surface area contributed by atoms with E-state index in [1.165, 1.54) is 12.8 Å². The molecule has 3 heteroatoms. The molecule has 0 N–H and O–H groups in total. The molecule has 1 atom stereocenters. The standard InChI is InChI=1S/C14H20O3/c1-2-15-13-8-3-4-9-14(13)17-11-12-7-5-6-10-16-12/h3-4,8-9,12H,2,5-7,10-11H2,1H3. The minimum atomic E-state index is 0.235. The molecule has 1 aromatic rings. The van der Waals surface area contributed by atoms with Crippen molar-refractivity contribution >= 4 is 0 Å². The minimum Gasteiger partial charge on any atom is -0.490 e. The summed E-state index contributed by atoms with van der Waals surface area (Å²) >= 11 is 0. The fourth-order valence-corrected chi connectivity index (χ4v) is 1.97. The zero-order valence-electron chi connectivity index (χ0n) is 10.4. The zero-order valence-corrected chi connectivity index (χ0v) is 10.4. The third kappa shape index (κ3) is 3.63. The summed E-state index contributed by atoms with van der Waals surface area (Å²) in [6, 6.07) is 7.78. The molecule has 1 aromatic carbocycles. The summed E-state index contributed by atoms with van der Waals surface area (Å²) in [7, 11) is 0. The van der Waals surface area contributed by atoms with E-state index in [0.717, 1.165) is 24.5 Å². The molecule has 1 saturated heterocycles. The van der Waals surface area contributed by atoms with E-state index in [4.69, 9.17) is 14.2 Å². The van der Waals surface area contributed by atoms with Gasteiger partial charge in [0.25, 0.3) is 0 Å². The van der Waals surface area contributed by atoms with Crippen LogP contribution in [0.5, 0.6) is 11.5 Å². The lowest BCUT2D eigenvalue weighted by Gasteiger charge is -2.23. The van der Waals surface area contributed by atoms with Crippen LogP contribution in [0.3, 0.4) is 0 Å². The Balaban J connectivity index is 1.88. The lowest BCUT2D eigenvalue weighted by molar-refractivity contribution is -0.0115. The molecule has 1 heterocycles. The summed E-state index contributed by atoms with van der Waals surface area (Å²) in [5.74, 6) is 1.62. The predicted molar refractivity (Wildman–Crippen MR) is 66.7 cm³/mol. The van der Waals surface area contributed by atoms with E-state index >= 15 is 0 Å². The molecule has 0 spiro atoms. The van der Waals surface area contributed by atoms with E-state index in [9.17, 15) is 0 Å². The molecule has 1 fully saturated rings. The third-order valence-corrected chi connectivity index (χ3v) is 2.85. The van der Waals surface area contributed by atoms with Gasteiger partial charge < -0.3 is 14.2 Å². The Morgan fingerprint density at radius 3 is 2.59 bits per heavy atom. The second-order valence-electron chi connectivity index (χ2n) is 4.18. The molecular formula is C14H20O3. The Morgan fingerprint density at radius 2 is 1.94 bits per heavy atom. The Bertz CT molecular complexity index is 332. The first-order valence-corrected chi connectivity index (χ1v) is 6.36. The second kappa shape index (κ2) is 6.50. The van der Waals surface area contributed by atoms with Crippen molar-refractivity contribution in [1.29, 1.82) is 0 Å². The average molecular weight is 236 g/mol. The highest BCUT2D eigenvalue weighted by atomic mass is 16.5. The number of hydrogen-bond donors (Lipinski definition) is 0. The largest absolute Gasteiger partial charge is 0.490 e. The third-order valence-electron chi connectivity index (χ3n) is 2.85. The summed E-state index contributed by atoms with van der Waals surface area (Å²) in [4.78, 5) is 0. The van der Waals surface area contributed by atoms with E-state index < -0.39 is 0 Å². The van der Waals surface area contributed by atoms with Crippen LogP contribution in [0.25, 0.3) is 0 Å². The van der Waals surface area contributed by atoms with E-state index in [0.29, 0.717) is 13.2 Å². The summed E-state index contributed by atoms with van der Waals surface area (Å²) < 4.78 is 16.9. The van der Waals surface area contributed by atoms with E-state index in [1.807, 2.05) is 31.2 Å². The number of ether oxygens (including phenoxy) is 3. The highest BCUT2D eigenvalue weighted by Crippen LogP contribution is 2.27. The topological polar surface area (TPSA) is 27.7 Å². The molecule has 94 valence electrons. The molecule has 0 amide bonds. The monoisotopic (exact) mass is 236 g/mol. The van der Waals surface area contributed by atoms with Crippen LogP contribution in [0, 0.1) is 0 Å². The zero-order chi connectivity index (χ0) is 11.9. The highest BCUT2D eigenvalue weighted by Gasteiger charge is 2.15. The number of para-hydroxylation sites is 2. The van der Waals surface area contributed by atoms with Gasteiger partial charge in [-0.25, -0.2) is 0 Å². The van der Waals surface area contributed by atoms with Gasteiger partial charge in [0.15, 0.2) is 11.5 Å². The van der Waals surface area contributed by atoms with Crippen molar-refractivity contribution in [2.75, 3.05) is 19.8 Å². The summed E-state index contributed by atoms with van der Waals surface area (Å²) in [6.07, 6.45) is 3.74. The normalized spacial score (nSPS) is 19.9. The Labute approximate surface area is 103 Å². The summed E-state index contributed by atoms with van der Waals surface area (Å²) in [5.41, 5.74) is 0. The van der Waals surface area contributed by atoms with Crippen LogP contribution in [0.15, 0.2) is 24.3 Å². The molecular weight excluding hydrogens is 216 g/mol. The molecule has 0 aromatic heterocycles. The molecule has 1 unspecified atom stereocenters. The SMILES string of the molecule is CCOc1ccccc1OCC1CCCCO1. The van der Waals surface area contributed by atoms with Crippen LogP contribution in [0.1, 0.15) is 26.2 Å². The van der Waals surface area contributed by atoms with Crippen molar-refractivity contribution in [3.63, 3.8) is 0 Å². The lowest BCUT2D eigenvalue weighted by Crippen LogP contribution is -2.25. The molecule has 0 radical (unpaired) electrons. The van der Waals surface area contributed by atoms with Crippen molar-refractivity contribution in [1.82, 2.24) is 0 Å². The number of benzene rings is 1. The van der Waals surface area contributed by atoms with Gasteiger partial charge in [0.05, 0.1) is 12.7 Å². The van der Waals surface area contributed by atoms with Crippen molar-refractivity contribution in [3.8, 4) is 11.5 Å². The Hall–Kier alpha value is -1.22. The molecule has 1 aliphatic heterocycles. The Morgan fingerprint density at radius 1 is 1.18 bits per heavy atom. The first-order valence-electron chi connectivity index (χ1n) is 6.36. The van der Waals surface area contributed by atoms with E-state index in [2.05, 4.69) is 0 Å². The quantitative estimate of drug-likeness (QED) is 0.786. The molecule has 3 nitrogen and oxygen atoms in total. The molecule has 0 aliphatic carbocycles. The Kier molecular flexibility index (Phi) is 4.68. The van der Waals surface area contributed by atoms with E-state index in [1.54, 1.807) is 0 Å².